The number of nitrogens with two attached hydrogens (primary N) is 1. The van der Waals surface area contributed by atoms with Crippen molar-refractivity contribution < 1.29 is 9.72 Å². The number of carbonyl (C=O) groups excluding carboxylic acids is 1. The van der Waals surface area contributed by atoms with E-state index in [2.05, 4.69) is 5.10 Å². The van der Waals surface area contributed by atoms with E-state index >= 15 is 0 Å². The number of nitro benzene ring substituents is 1. The number of hydrogen-bond donors (Lipinski definition) is 1. The van der Waals surface area contributed by atoms with Crippen molar-refractivity contribution in [1.82, 2.24) is 9.89 Å². The molecular weight excluding hydrogens is 274 g/mol. The van der Waals surface area contributed by atoms with Crippen LogP contribution in [0.25, 0.3) is 11.3 Å². The Hall–Kier alpha value is -2.90. The van der Waals surface area contributed by atoms with Crippen molar-refractivity contribution in [3.05, 3.63) is 45.6 Å². The molecule has 110 valence electrons. The highest BCUT2D eigenvalue weighted by molar-refractivity contribution is 6.00. The van der Waals surface area contributed by atoms with Gasteiger partial charge in [-0.3, -0.25) is 14.9 Å². The highest BCUT2D eigenvalue weighted by atomic mass is 16.6. The lowest BCUT2D eigenvalue weighted by molar-refractivity contribution is -0.384. The molecule has 0 atom stereocenters. The highest BCUT2D eigenvalue weighted by Crippen LogP contribution is 2.27. The average Bonchev–Trinajstić information content (AvgIpc) is 2.76. The van der Waals surface area contributed by atoms with Gasteiger partial charge in [0.15, 0.2) is 0 Å². The summed E-state index contributed by atoms with van der Waals surface area (Å²) in [7, 11) is 3.54. The van der Waals surface area contributed by atoms with Gasteiger partial charge in [0.05, 0.1) is 16.2 Å². The van der Waals surface area contributed by atoms with Gasteiger partial charge in [0.25, 0.3) is 11.6 Å². The molecule has 1 aromatic carbocycles. The Kier molecular flexibility index (Phi) is 3.62. The number of hydrogen-bond acceptors (Lipinski definition) is 5. The lowest BCUT2D eigenvalue weighted by atomic mass is 10.1. The maximum Gasteiger partial charge on any atom is 0.269 e. The maximum absolute atomic E-state index is 11.7. The second kappa shape index (κ2) is 5.23. The number of carbonyl (C=O) groups is 1. The molecule has 0 fully saturated rings. The minimum Gasteiger partial charge on any atom is -0.365 e. The molecule has 1 heterocycles. The van der Waals surface area contributed by atoms with Gasteiger partial charge in [-0.05, 0) is 19.1 Å². The third-order valence-corrected chi connectivity index (χ3v) is 3.02. The quantitative estimate of drug-likeness (QED) is 0.669. The third-order valence-electron chi connectivity index (χ3n) is 3.02. The summed E-state index contributed by atoms with van der Waals surface area (Å²) in [5.41, 5.74) is 7.35. The van der Waals surface area contributed by atoms with Crippen molar-refractivity contribution in [1.29, 1.82) is 0 Å². The van der Waals surface area contributed by atoms with Crippen LogP contribution < -0.4 is 10.7 Å². The molecule has 1 amide bonds. The molecule has 2 N–H and O–H groups in total. The Bertz CT molecular complexity index is 703. The number of nitrogens with zero attached hydrogens (tertiary/aromatic N) is 4. The highest BCUT2D eigenvalue weighted by Gasteiger charge is 2.22. The largest absolute Gasteiger partial charge is 0.365 e. The summed E-state index contributed by atoms with van der Waals surface area (Å²) in [6.07, 6.45) is 0. The van der Waals surface area contributed by atoms with E-state index in [-0.39, 0.29) is 5.69 Å². The van der Waals surface area contributed by atoms with Gasteiger partial charge in [-0.15, -0.1) is 0 Å². The van der Waals surface area contributed by atoms with Crippen molar-refractivity contribution in [2.75, 3.05) is 19.1 Å². The Balaban J connectivity index is 2.66. The normalized spacial score (nSPS) is 10.4. The van der Waals surface area contributed by atoms with E-state index < -0.39 is 10.8 Å². The van der Waals surface area contributed by atoms with E-state index in [1.807, 2.05) is 0 Å². The standard InChI is InChI=1S/C13H15N5O3/c1-8-11(13(14)19)12(17(15-8)16(2)3)9-4-6-10(7-5-9)18(20)21/h4-7H,1-3H3,(H2,14,19). The van der Waals surface area contributed by atoms with Crippen LogP contribution in [0, 0.1) is 17.0 Å². The van der Waals surface area contributed by atoms with E-state index in [9.17, 15) is 14.9 Å². The first-order chi connectivity index (χ1) is 9.82. The monoisotopic (exact) mass is 289 g/mol. The molecule has 0 bridgehead atoms. The number of rotatable bonds is 4. The predicted octanol–water partition coefficient (Wildman–Crippen LogP) is 1.06. The molecule has 8 nitrogen and oxygen atoms in total. The van der Waals surface area contributed by atoms with E-state index in [1.54, 1.807) is 38.2 Å². The smallest absolute Gasteiger partial charge is 0.269 e. The predicted molar refractivity (Wildman–Crippen MR) is 77.6 cm³/mol. The second-order valence-electron chi connectivity index (χ2n) is 4.71. The first kappa shape index (κ1) is 14.5. The molecule has 2 aromatic rings. The summed E-state index contributed by atoms with van der Waals surface area (Å²) in [5, 5.41) is 16.7. The van der Waals surface area contributed by atoms with Crippen molar-refractivity contribution in [3.63, 3.8) is 0 Å². The first-order valence-electron chi connectivity index (χ1n) is 6.14. The van der Waals surface area contributed by atoms with Gasteiger partial charge < -0.3 is 10.7 Å². The molecule has 0 saturated carbocycles. The zero-order chi connectivity index (χ0) is 15.7. The Morgan fingerprint density at radius 2 is 1.90 bits per heavy atom. The van der Waals surface area contributed by atoms with Crippen LogP contribution in [0.1, 0.15) is 16.1 Å². The zero-order valence-corrected chi connectivity index (χ0v) is 11.9. The second-order valence-corrected chi connectivity index (χ2v) is 4.71. The lowest BCUT2D eigenvalue weighted by Gasteiger charge is -2.16. The van der Waals surface area contributed by atoms with Crippen LogP contribution in [0.15, 0.2) is 24.3 Å². The summed E-state index contributed by atoms with van der Waals surface area (Å²) in [6.45, 7) is 1.69. The molecule has 0 saturated heterocycles. The minimum absolute atomic E-state index is 0.0213. The van der Waals surface area contributed by atoms with Crippen LogP contribution in [0.4, 0.5) is 5.69 Å². The van der Waals surface area contributed by atoms with Crippen LogP contribution in [0.5, 0.6) is 0 Å². The van der Waals surface area contributed by atoms with Gasteiger partial charge in [0.2, 0.25) is 0 Å². The lowest BCUT2D eigenvalue weighted by Crippen LogP contribution is -2.27. The molecule has 2 rings (SSSR count). The molecule has 1 aromatic heterocycles. The number of primary amides is 1. The first-order valence-corrected chi connectivity index (χ1v) is 6.14. The molecule has 8 heteroatoms. The van der Waals surface area contributed by atoms with Crippen LogP contribution in [0.3, 0.4) is 0 Å². The van der Waals surface area contributed by atoms with Crippen molar-refractivity contribution in [2.24, 2.45) is 5.73 Å². The number of non-ortho nitro benzene ring substituents is 1. The van der Waals surface area contributed by atoms with Gasteiger partial charge in [-0.2, -0.15) is 9.89 Å². The van der Waals surface area contributed by atoms with Gasteiger partial charge in [-0.25, -0.2) is 0 Å². The van der Waals surface area contributed by atoms with Crippen LogP contribution >= 0.6 is 0 Å². The van der Waals surface area contributed by atoms with Crippen molar-refractivity contribution in [2.45, 2.75) is 6.92 Å². The number of benzene rings is 1. The van der Waals surface area contributed by atoms with E-state index in [1.165, 1.54) is 16.9 Å². The summed E-state index contributed by atoms with van der Waals surface area (Å²) < 4.78 is 0. The fraction of sp³-hybridized carbons (Fsp3) is 0.231. The van der Waals surface area contributed by atoms with Gasteiger partial charge in [0, 0.05) is 31.8 Å². The molecule has 0 radical (unpaired) electrons. The Morgan fingerprint density at radius 3 is 2.33 bits per heavy atom. The fourth-order valence-electron chi connectivity index (χ4n) is 2.10. The molecule has 0 unspecified atom stereocenters. The van der Waals surface area contributed by atoms with Gasteiger partial charge in [0.1, 0.15) is 5.69 Å². The Morgan fingerprint density at radius 1 is 1.33 bits per heavy atom. The van der Waals surface area contributed by atoms with Gasteiger partial charge in [-0.1, -0.05) is 0 Å². The fourth-order valence-corrected chi connectivity index (χ4v) is 2.10. The third kappa shape index (κ3) is 2.55. The zero-order valence-electron chi connectivity index (χ0n) is 11.9. The SMILES string of the molecule is Cc1nn(N(C)C)c(-c2ccc([N+](=O)[O-])cc2)c1C(N)=O. The molecular formula is C13H15N5O3. The van der Waals surface area contributed by atoms with E-state index in [4.69, 9.17) is 5.73 Å². The van der Waals surface area contributed by atoms with Crippen LogP contribution in [-0.4, -0.2) is 34.8 Å². The van der Waals surface area contributed by atoms with E-state index in [0.29, 0.717) is 22.5 Å². The van der Waals surface area contributed by atoms with Crippen molar-refractivity contribution in [3.8, 4) is 11.3 Å². The summed E-state index contributed by atoms with van der Waals surface area (Å²) in [4.78, 5) is 23.4. The van der Waals surface area contributed by atoms with Crippen LogP contribution in [0.2, 0.25) is 0 Å². The number of nitro groups is 1. The average molecular weight is 289 g/mol. The molecule has 0 aliphatic rings. The number of aromatic nitrogens is 2. The van der Waals surface area contributed by atoms with Crippen LogP contribution in [-0.2, 0) is 0 Å². The Labute approximate surface area is 120 Å². The molecule has 0 aliphatic heterocycles. The summed E-state index contributed by atoms with van der Waals surface area (Å²) >= 11 is 0. The van der Waals surface area contributed by atoms with Crippen molar-refractivity contribution >= 4 is 11.6 Å². The number of aryl methyl sites for hydroxylation is 1. The topological polar surface area (TPSA) is 107 Å². The molecule has 0 aliphatic carbocycles. The minimum atomic E-state index is -0.589. The summed E-state index contributed by atoms with van der Waals surface area (Å²) in [5.74, 6) is -0.589. The molecule has 21 heavy (non-hydrogen) atoms. The summed E-state index contributed by atoms with van der Waals surface area (Å²) in [6, 6.07) is 5.90. The molecule has 0 spiro atoms. The van der Waals surface area contributed by atoms with Gasteiger partial charge >= 0.3 is 0 Å². The van der Waals surface area contributed by atoms with E-state index in [0.717, 1.165) is 0 Å². The number of amides is 1. The maximum atomic E-state index is 11.7.